The van der Waals surface area contributed by atoms with Gasteiger partial charge < -0.3 is 19.9 Å². The standard InChI is InChI=1S/C10H22N2O3/c1-13-8-9-15-7-3-6-14-5-2-4-10(11)12/h2-9H2,1H3,(H3,11,12). The molecule has 0 rings (SSSR count). The Hall–Kier alpha value is -0.650. The Labute approximate surface area is 91.4 Å². The highest BCUT2D eigenvalue weighted by Gasteiger charge is 1.92. The number of amidine groups is 1. The first kappa shape index (κ1) is 14.3. The molecule has 0 aromatic heterocycles. The largest absolute Gasteiger partial charge is 0.388 e. The summed E-state index contributed by atoms with van der Waals surface area (Å²) in [5.41, 5.74) is 5.20. The van der Waals surface area contributed by atoms with Crippen LogP contribution < -0.4 is 5.73 Å². The van der Waals surface area contributed by atoms with E-state index in [1.165, 1.54) is 0 Å². The quantitative estimate of drug-likeness (QED) is 0.305. The van der Waals surface area contributed by atoms with Gasteiger partial charge in [0.1, 0.15) is 0 Å². The number of ether oxygens (including phenoxy) is 3. The van der Waals surface area contributed by atoms with Crippen LogP contribution in [0.3, 0.4) is 0 Å². The highest BCUT2D eigenvalue weighted by molar-refractivity contribution is 5.76. The van der Waals surface area contributed by atoms with Crippen LogP contribution >= 0.6 is 0 Å². The van der Waals surface area contributed by atoms with E-state index in [0.717, 1.165) is 12.8 Å². The maximum absolute atomic E-state index is 7.00. The summed E-state index contributed by atoms with van der Waals surface area (Å²) in [4.78, 5) is 0. The second-order valence-corrected chi connectivity index (χ2v) is 3.20. The van der Waals surface area contributed by atoms with Crippen LogP contribution in [0.25, 0.3) is 0 Å². The van der Waals surface area contributed by atoms with E-state index < -0.39 is 0 Å². The summed E-state index contributed by atoms with van der Waals surface area (Å²) in [5.74, 6) is 0.224. The summed E-state index contributed by atoms with van der Waals surface area (Å²) in [5, 5.41) is 7.00. The van der Waals surface area contributed by atoms with Gasteiger partial charge in [-0.05, 0) is 12.8 Å². The van der Waals surface area contributed by atoms with E-state index in [4.69, 9.17) is 25.4 Å². The molecule has 0 saturated carbocycles. The summed E-state index contributed by atoms with van der Waals surface area (Å²) >= 11 is 0. The lowest BCUT2D eigenvalue weighted by atomic mass is 10.3. The van der Waals surface area contributed by atoms with Crippen molar-refractivity contribution in [3.8, 4) is 0 Å². The molecule has 90 valence electrons. The molecule has 0 saturated heterocycles. The Bertz CT molecular complexity index is 154. The van der Waals surface area contributed by atoms with Crippen LogP contribution in [-0.4, -0.2) is 46.0 Å². The maximum atomic E-state index is 7.00. The van der Waals surface area contributed by atoms with Crippen LogP contribution in [-0.2, 0) is 14.2 Å². The second kappa shape index (κ2) is 11.4. The van der Waals surface area contributed by atoms with Crippen molar-refractivity contribution in [1.29, 1.82) is 5.41 Å². The number of hydrogen-bond acceptors (Lipinski definition) is 4. The van der Waals surface area contributed by atoms with Crippen LogP contribution in [0.1, 0.15) is 19.3 Å². The molecule has 0 aliphatic carbocycles. The first-order valence-corrected chi connectivity index (χ1v) is 5.24. The molecule has 0 aliphatic rings. The van der Waals surface area contributed by atoms with Crippen molar-refractivity contribution in [1.82, 2.24) is 0 Å². The number of methoxy groups -OCH3 is 1. The molecule has 0 aromatic carbocycles. The van der Waals surface area contributed by atoms with Gasteiger partial charge in [0.05, 0.1) is 19.0 Å². The topological polar surface area (TPSA) is 77.6 Å². The molecule has 0 atom stereocenters. The summed E-state index contributed by atoms with van der Waals surface area (Å²) in [6, 6.07) is 0. The highest BCUT2D eigenvalue weighted by atomic mass is 16.5. The third-order valence-electron chi connectivity index (χ3n) is 1.74. The predicted octanol–water partition coefficient (Wildman–Crippen LogP) is 0.772. The Morgan fingerprint density at radius 3 is 2.20 bits per heavy atom. The molecule has 0 bridgehead atoms. The first-order valence-electron chi connectivity index (χ1n) is 5.24. The number of hydrogen-bond donors (Lipinski definition) is 2. The molecule has 0 unspecified atom stereocenters. The minimum absolute atomic E-state index is 0.224. The Kier molecular flexibility index (Phi) is 10.9. The van der Waals surface area contributed by atoms with E-state index in [2.05, 4.69) is 0 Å². The molecule has 3 N–H and O–H groups in total. The Morgan fingerprint density at radius 2 is 1.60 bits per heavy atom. The third-order valence-corrected chi connectivity index (χ3v) is 1.74. The van der Waals surface area contributed by atoms with Gasteiger partial charge in [0.2, 0.25) is 0 Å². The first-order chi connectivity index (χ1) is 7.27. The zero-order valence-corrected chi connectivity index (χ0v) is 9.46. The van der Waals surface area contributed by atoms with Crippen LogP contribution in [0.5, 0.6) is 0 Å². The lowest BCUT2D eigenvalue weighted by Gasteiger charge is -2.05. The van der Waals surface area contributed by atoms with Crippen molar-refractivity contribution < 1.29 is 14.2 Å². The Balaban J connectivity index is 2.89. The molecule has 5 nitrogen and oxygen atoms in total. The molecule has 0 heterocycles. The van der Waals surface area contributed by atoms with E-state index in [1.807, 2.05) is 0 Å². The van der Waals surface area contributed by atoms with E-state index in [0.29, 0.717) is 39.5 Å². The molecule has 0 amide bonds. The minimum Gasteiger partial charge on any atom is -0.388 e. The number of rotatable bonds is 11. The van der Waals surface area contributed by atoms with Crippen LogP contribution in [0, 0.1) is 5.41 Å². The lowest BCUT2D eigenvalue weighted by molar-refractivity contribution is 0.0512. The smallest absolute Gasteiger partial charge is 0.0906 e. The molecule has 0 spiro atoms. The molecule has 0 radical (unpaired) electrons. The van der Waals surface area contributed by atoms with Crippen LogP contribution in [0.2, 0.25) is 0 Å². The highest BCUT2D eigenvalue weighted by Crippen LogP contribution is 1.91. The monoisotopic (exact) mass is 218 g/mol. The molecular formula is C10H22N2O3. The van der Waals surface area contributed by atoms with Gasteiger partial charge in [0.25, 0.3) is 0 Å². The average molecular weight is 218 g/mol. The molecule has 0 fully saturated rings. The van der Waals surface area contributed by atoms with Gasteiger partial charge in [-0.15, -0.1) is 0 Å². The normalized spacial score (nSPS) is 10.5. The van der Waals surface area contributed by atoms with Gasteiger partial charge in [-0.1, -0.05) is 0 Å². The average Bonchev–Trinajstić information content (AvgIpc) is 2.20. The van der Waals surface area contributed by atoms with Crippen molar-refractivity contribution in [2.75, 3.05) is 40.1 Å². The fourth-order valence-corrected chi connectivity index (χ4v) is 0.974. The van der Waals surface area contributed by atoms with Crippen molar-refractivity contribution in [2.45, 2.75) is 19.3 Å². The summed E-state index contributed by atoms with van der Waals surface area (Å²) in [7, 11) is 1.65. The third kappa shape index (κ3) is 13.3. The van der Waals surface area contributed by atoms with E-state index >= 15 is 0 Å². The summed E-state index contributed by atoms with van der Waals surface area (Å²) in [6.07, 6.45) is 2.33. The van der Waals surface area contributed by atoms with E-state index in [-0.39, 0.29) is 5.84 Å². The van der Waals surface area contributed by atoms with Crippen molar-refractivity contribution in [3.63, 3.8) is 0 Å². The summed E-state index contributed by atoms with van der Waals surface area (Å²) in [6.45, 7) is 3.35. The second-order valence-electron chi connectivity index (χ2n) is 3.20. The van der Waals surface area contributed by atoms with Gasteiger partial charge in [0, 0.05) is 33.4 Å². The lowest BCUT2D eigenvalue weighted by Crippen LogP contribution is -2.11. The SMILES string of the molecule is COCCOCCCOCCCC(=N)N. The van der Waals surface area contributed by atoms with E-state index in [9.17, 15) is 0 Å². The molecular weight excluding hydrogens is 196 g/mol. The fraction of sp³-hybridized carbons (Fsp3) is 0.900. The zero-order valence-electron chi connectivity index (χ0n) is 9.46. The molecule has 5 heteroatoms. The van der Waals surface area contributed by atoms with Gasteiger partial charge in [-0.2, -0.15) is 0 Å². The zero-order chi connectivity index (χ0) is 11.4. The molecule has 0 aromatic rings. The molecule has 0 aliphatic heterocycles. The van der Waals surface area contributed by atoms with Crippen molar-refractivity contribution in [3.05, 3.63) is 0 Å². The van der Waals surface area contributed by atoms with E-state index in [1.54, 1.807) is 7.11 Å². The van der Waals surface area contributed by atoms with Crippen molar-refractivity contribution >= 4 is 5.84 Å². The van der Waals surface area contributed by atoms with Gasteiger partial charge >= 0.3 is 0 Å². The van der Waals surface area contributed by atoms with Crippen molar-refractivity contribution in [2.24, 2.45) is 5.73 Å². The number of nitrogens with two attached hydrogens (primary N) is 1. The molecule has 15 heavy (non-hydrogen) atoms. The van der Waals surface area contributed by atoms with Crippen LogP contribution in [0.4, 0.5) is 0 Å². The predicted molar refractivity (Wildman–Crippen MR) is 59.3 cm³/mol. The number of nitrogens with one attached hydrogen (secondary N) is 1. The van der Waals surface area contributed by atoms with Gasteiger partial charge in [-0.25, -0.2) is 0 Å². The van der Waals surface area contributed by atoms with Gasteiger partial charge in [-0.3, -0.25) is 5.41 Å². The maximum Gasteiger partial charge on any atom is 0.0906 e. The Morgan fingerprint density at radius 1 is 1.00 bits per heavy atom. The van der Waals surface area contributed by atoms with Crippen LogP contribution in [0.15, 0.2) is 0 Å². The fourth-order valence-electron chi connectivity index (χ4n) is 0.974. The minimum atomic E-state index is 0.224. The van der Waals surface area contributed by atoms with Gasteiger partial charge in [0.15, 0.2) is 0 Å². The summed E-state index contributed by atoms with van der Waals surface area (Å²) < 4.78 is 15.4.